The minimum atomic E-state index is -0.321. The van der Waals surface area contributed by atoms with Crippen LogP contribution in [0.1, 0.15) is 30.6 Å². The highest BCUT2D eigenvalue weighted by Gasteiger charge is 2.13. The molecule has 0 unspecified atom stereocenters. The number of carbonyl (C=O) groups excluding carboxylic acids is 2. The topological polar surface area (TPSA) is 67.9 Å². The summed E-state index contributed by atoms with van der Waals surface area (Å²) in [6, 6.07) is 5.00. The molecule has 0 spiro atoms. The van der Waals surface area contributed by atoms with Gasteiger partial charge in [-0.05, 0) is 31.5 Å². The monoisotopic (exact) mass is 308 g/mol. The van der Waals surface area contributed by atoms with Crippen molar-refractivity contribution >= 4 is 11.8 Å². The molecule has 0 bridgehead atoms. The van der Waals surface area contributed by atoms with Crippen molar-refractivity contribution in [1.29, 1.82) is 0 Å². The Labute approximate surface area is 131 Å². The molecule has 0 heterocycles. The third kappa shape index (κ3) is 5.27. The molecular formula is C16H24N2O4. The van der Waals surface area contributed by atoms with Crippen molar-refractivity contribution in [1.82, 2.24) is 10.2 Å². The lowest BCUT2D eigenvalue weighted by atomic mass is 10.2. The molecule has 0 fully saturated rings. The summed E-state index contributed by atoms with van der Waals surface area (Å²) >= 11 is 0. The SMILES string of the molecule is CCCOc1ccc(C(=O)NCC(=O)N(C)C)cc1OCC. The van der Waals surface area contributed by atoms with Gasteiger partial charge in [0.05, 0.1) is 19.8 Å². The van der Waals surface area contributed by atoms with Crippen LogP contribution < -0.4 is 14.8 Å². The zero-order valence-electron chi connectivity index (χ0n) is 13.6. The average molecular weight is 308 g/mol. The van der Waals surface area contributed by atoms with Gasteiger partial charge in [0.1, 0.15) is 0 Å². The summed E-state index contributed by atoms with van der Waals surface area (Å²) < 4.78 is 11.1. The fourth-order valence-corrected chi connectivity index (χ4v) is 1.66. The van der Waals surface area contributed by atoms with Crippen LogP contribution in [0.3, 0.4) is 0 Å². The molecule has 1 aromatic rings. The van der Waals surface area contributed by atoms with Crippen LogP contribution in [0.5, 0.6) is 11.5 Å². The predicted molar refractivity (Wildman–Crippen MR) is 84.4 cm³/mol. The molecule has 1 aromatic carbocycles. The third-order valence-electron chi connectivity index (χ3n) is 2.87. The van der Waals surface area contributed by atoms with Gasteiger partial charge in [0.2, 0.25) is 5.91 Å². The number of hydrogen-bond acceptors (Lipinski definition) is 4. The van der Waals surface area contributed by atoms with E-state index < -0.39 is 0 Å². The van der Waals surface area contributed by atoms with Crippen molar-refractivity contribution in [3.05, 3.63) is 23.8 Å². The Bertz CT molecular complexity index is 515. The number of rotatable bonds is 8. The molecule has 2 amide bonds. The molecule has 0 aliphatic heterocycles. The van der Waals surface area contributed by atoms with Gasteiger partial charge in [0.25, 0.3) is 5.91 Å². The van der Waals surface area contributed by atoms with Crippen molar-refractivity contribution in [2.24, 2.45) is 0 Å². The Morgan fingerprint density at radius 3 is 2.45 bits per heavy atom. The van der Waals surface area contributed by atoms with Crippen molar-refractivity contribution < 1.29 is 19.1 Å². The van der Waals surface area contributed by atoms with Crippen LogP contribution in [0, 0.1) is 0 Å². The van der Waals surface area contributed by atoms with E-state index in [1.165, 1.54) is 4.90 Å². The minimum absolute atomic E-state index is 0.0378. The molecule has 1 N–H and O–H groups in total. The van der Waals surface area contributed by atoms with E-state index >= 15 is 0 Å². The first kappa shape index (κ1) is 17.8. The van der Waals surface area contributed by atoms with Gasteiger partial charge in [-0.1, -0.05) is 6.92 Å². The zero-order valence-corrected chi connectivity index (χ0v) is 13.6. The molecule has 22 heavy (non-hydrogen) atoms. The van der Waals surface area contributed by atoms with Crippen molar-refractivity contribution in [3.8, 4) is 11.5 Å². The van der Waals surface area contributed by atoms with E-state index in [4.69, 9.17) is 9.47 Å². The second-order valence-electron chi connectivity index (χ2n) is 4.91. The van der Waals surface area contributed by atoms with Crippen molar-refractivity contribution in [3.63, 3.8) is 0 Å². The second-order valence-corrected chi connectivity index (χ2v) is 4.91. The molecule has 0 aliphatic rings. The summed E-state index contributed by atoms with van der Waals surface area (Å²) in [5, 5.41) is 2.59. The Balaban J connectivity index is 2.79. The van der Waals surface area contributed by atoms with Crippen molar-refractivity contribution in [2.45, 2.75) is 20.3 Å². The molecule has 1 rings (SSSR count). The van der Waals surface area contributed by atoms with E-state index in [0.29, 0.717) is 30.3 Å². The lowest BCUT2D eigenvalue weighted by Gasteiger charge is -2.14. The first-order chi connectivity index (χ1) is 10.5. The molecule has 0 saturated carbocycles. The summed E-state index contributed by atoms with van der Waals surface area (Å²) in [7, 11) is 3.28. The highest BCUT2D eigenvalue weighted by atomic mass is 16.5. The molecule has 6 nitrogen and oxygen atoms in total. The van der Waals surface area contributed by atoms with E-state index in [1.807, 2.05) is 13.8 Å². The zero-order chi connectivity index (χ0) is 16.5. The van der Waals surface area contributed by atoms with E-state index in [-0.39, 0.29) is 18.4 Å². The van der Waals surface area contributed by atoms with Gasteiger partial charge in [0.15, 0.2) is 11.5 Å². The molecule has 0 aliphatic carbocycles. The van der Waals surface area contributed by atoms with Gasteiger partial charge in [-0.15, -0.1) is 0 Å². The molecule has 0 atom stereocenters. The predicted octanol–water partition coefficient (Wildman–Crippen LogP) is 1.69. The average Bonchev–Trinajstić information content (AvgIpc) is 2.51. The number of ether oxygens (including phenoxy) is 2. The van der Waals surface area contributed by atoms with E-state index in [2.05, 4.69) is 5.32 Å². The Morgan fingerprint density at radius 2 is 1.86 bits per heavy atom. The fourth-order valence-electron chi connectivity index (χ4n) is 1.66. The normalized spacial score (nSPS) is 10.0. The molecule has 0 saturated heterocycles. The molecule has 122 valence electrons. The third-order valence-corrected chi connectivity index (χ3v) is 2.87. The molecule has 0 radical (unpaired) electrons. The lowest BCUT2D eigenvalue weighted by Crippen LogP contribution is -2.36. The Morgan fingerprint density at radius 1 is 1.14 bits per heavy atom. The summed E-state index contributed by atoms with van der Waals surface area (Å²) in [6.45, 7) is 4.91. The van der Waals surface area contributed by atoms with Gasteiger partial charge in [-0.2, -0.15) is 0 Å². The van der Waals surface area contributed by atoms with E-state index in [0.717, 1.165) is 6.42 Å². The Hall–Kier alpha value is -2.24. The standard InChI is InChI=1S/C16H24N2O4/c1-5-9-22-13-8-7-12(10-14(13)21-6-2)16(20)17-11-15(19)18(3)4/h7-8,10H,5-6,9,11H2,1-4H3,(H,17,20). The van der Waals surface area contributed by atoms with Gasteiger partial charge in [-0.25, -0.2) is 0 Å². The van der Waals surface area contributed by atoms with Crippen LogP contribution in [0.2, 0.25) is 0 Å². The smallest absolute Gasteiger partial charge is 0.251 e. The number of likely N-dealkylation sites (N-methyl/N-ethyl adjacent to an activating group) is 1. The second kappa shape index (κ2) is 8.92. The summed E-state index contributed by atoms with van der Waals surface area (Å²) in [6.07, 6.45) is 0.889. The maximum Gasteiger partial charge on any atom is 0.251 e. The van der Waals surface area contributed by atoms with Gasteiger partial charge < -0.3 is 19.7 Å². The van der Waals surface area contributed by atoms with Crippen LogP contribution >= 0.6 is 0 Å². The largest absolute Gasteiger partial charge is 0.490 e. The van der Waals surface area contributed by atoms with Crippen LogP contribution in [0.25, 0.3) is 0 Å². The minimum Gasteiger partial charge on any atom is -0.490 e. The van der Waals surface area contributed by atoms with Gasteiger partial charge >= 0.3 is 0 Å². The van der Waals surface area contributed by atoms with Crippen LogP contribution in [-0.4, -0.2) is 50.6 Å². The maximum atomic E-state index is 12.1. The number of carbonyl (C=O) groups is 2. The number of hydrogen-bond donors (Lipinski definition) is 1. The number of nitrogens with one attached hydrogen (secondary N) is 1. The summed E-state index contributed by atoms with van der Waals surface area (Å²) in [5.74, 6) is 0.659. The quantitative estimate of drug-likeness (QED) is 0.793. The first-order valence-corrected chi connectivity index (χ1v) is 7.37. The van der Waals surface area contributed by atoms with E-state index in [9.17, 15) is 9.59 Å². The number of nitrogens with zero attached hydrogens (tertiary/aromatic N) is 1. The molecular weight excluding hydrogens is 284 g/mol. The summed E-state index contributed by atoms with van der Waals surface area (Å²) in [4.78, 5) is 25.0. The summed E-state index contributed by atoms with van der Waals surface area (Å²) in [5.41, 5.74) is 0.429. The van der Waals surface area contributed by atoms with Gasteiger partial charge in [0, 0.05) is 19.7 Å². The number of amides is 2. The first-order valence-electron chi connectivity index (χ1n) is 7.37. The molecule has 6 heteroatoms. The van der Waals surface area contributed by atoms with Crippen LogP contribution in [-0.2, 0) is 4.79 Å². The van der Waals surface area contributed by atoms with Crippen molar-refractivity contribution in [2.75, 3.05) is 33.9 Å². The van der Waals surface area contributed by atoms with Crippen LogP contribution in [0.15, 0.2) is 18.2 Å². The molecule has 0 aromatic heterocycles. The highest BCUT2D eigenvalue weighted by molar-refractivity contribution is 5.97. The maximum absolute atomic E-state index is 12.1. The van der Waals surface area contributed by atoms with Crippen LogP contribution in [0.4, 0.5) is 0 Å². The fraction of sp³-hybridized carbons (Fsp3) is 0.500. The van der Waals surface area contributed by atoms with Gasteiger partial charge in [-0.3, -0.25) is 9.59 Å². The number of benzene rings is 1. The highest BCUT2D eigenvalue weighted by Crippen LogP contribution is 2.28. The Kier molecular flexibility index (Phi) is 7.22. The van der Waals surface area contributed by atoms with E-state index in [1.54, 1.807) is 32.3 Å². The lowest BCUT2D eigenvalue weighted by molar-refractivity contribution is -0.127.